The van der Waals surface area contributed by atoms with Gasteiger partial charge >= 0.3 is 0 Å². The molecule has 0 aliphatic carbocycles. The number of aromatic nitrogens is 2. The summed E-state index contributed by atoms with van der Waals surface area (Å²) in [7, 11) is 0. The van der Waals surface area contributed by atoms with E-state index in [-0.39, 0.29) is 6.04 Å². The average Bonchev–Trinajstić information content (AvgIpc) is 2.92. The Morgan fingerprint density at radius 1 is 1.35 bits per heavy atom. The molecule has 1 atom stereocenters. The minimum Gasteiger partial charge on any atom is -0.334 e. The Labute approximate surface area is 134 Å². The largest absolute Gasteiger partial charge is 0.334 e. The Kier molecular flexibility index (Phi) is 5.60. The molecule has 0 aliphatic heterocycles. The zero-order valence-electron chi connectivity index (χ0n) is 12.4. The van der Waals surface area contributed by atoms with Crippen LogP contribution in [0.3, 0.4) is 0 Å². The molecule has 1 aromatic heterocycles. The number of imidazole rings is 1. The second kappa shape index (κ2) is 7.22. The molecule has 0 bridgehead atoms. The van der Waals surface area contributed by atoms with Crippen LogP contribution in [0.25, 0.3) is 0 Å². The highest BCUT2D eigenvalue weighted by molar-refractivity contribution is 14.1. The summed E-state index contributed by atoms with van der Waals surface area (Å²) in [5.74, 6) is 1.10. The third-order valence-electron chi connectivity index (χ3n) is 3.48. The van der Waals surface area contributed by atoms with Crippen molar-refractivity contribution in [2.24, 2.45) is 0 Å². The molecule has 0 saturated carbocycles. The Balaban J connectivity index is 2.44. The third-order valence-corrected chi connectivity index (χ3v) is 4.95. The number of halogens is 1. The van der Waals surface area contributed by atoms with E-state index in [0.717, 1.165) is 25.3 Å². The topological polar surface area (TPSA) is 29.9 Å². The van der Waals surface area contributed by atoms with Gasteiger partial charge in [0.05, 0.1) is 6.04 Å². The molecule has 0 fully saturated rings. The van der Waals surface area contributed by atoms with Crippen LogP contribution >= 0.6 is 22.6 Å². The number of hydrogen-bond acceptors (Lipinski definition) is 2. The van der Waals surface area contributed by atoms with Gasteiger partial charge in [-0.3, -0.25) is 0 Å². The van der Waals surface area contributed by atoms with Crippen LogP contribution < -0.4 is 5.32 Å². The second-order valence-corrected chi connectivity index (χ2v) is 6.02. The lowest BCUT2D eigenvalue weighted by molar-refractivity contribution is 0.540. The smallest absolute Gasteiger partial charge is 0.130 e. The van der Waals surface area contributed by atoms with Crippen LogP contribution in [-0.2, 0) is 6.54 Å². The molecule has 3 nitrogen and oxygen atoms in total. The van der Waals surface area contributed by atoms with Crippen LogP contribution in [0, 0.1) is 10.5 Å². The minimum atomic E-state index is 0.164. The highest BCUT2D eigenvalue weighted by Gasteiger charge is 2.20. The van der Waals surface area contributed by atoms with Crippen LogP contribution in [0.4, 0.5) is 0 Å². The molecule has 2 rings (SSSR count). The maximum Gasteiger partial charge on any atom is 0.130 e. The first-order chi connectivity index (χ1) is 9.69. The molecule has 1 aromatic carbocycles. The first-order valence-corrected chi connectivity index (χ1v) is 8.26. The predicted molar refractivity (Wildman–Crippen MR) is 91.9 cm³/mol. The molecule has 0 aliphatic rings. The molecule has 1 unspecified atom stereocenters. The molecule has 0 amide bonds. The van der Waals surface area contributed by atoms with Gasteiger partial charge in [0.1, 0.15) is 5.82 Å². The molecule has 108 valence electrons. The number of nitrogens with one attached hydrogen (secondary N) is 1. The van der Waals surface area contributed by atoms with Gasteiger partial charge < -0.3 is 9.88 Å². The van der Waals surface area contributed by atoms with Crippen molar-refractivity contribution in [3.8, 4) is 0 Å². The summed E-state index contributed by atoms with van der Waals surface area (Å²) in [4.78, 5) is 4.58. The lowest BCUT2D eigenvalue weighted by atomic mass is 10.0. The SMILES string of the molecule is CCCNC(c1cccc(C)c1I)c1nccn1CC. The quantitative estimate of drug-likeness (QED) is 0.767. The van der Waals surface area contributed by atoms with E-state index in [2.05, 4.69) is 82.6 Å². The van der Waals surface area contributed by atoms with Gasteiger partial charge in [0.25, 0.3) is 0 Å². The highest BCUT2D eigenvalue weighted by Crippen LogP contribution is 2.27. The summed E-state index contributed by atoms with van der Waals surface area (Å²) in [5.41, 5.74) is 2.64. The predicted octanol–water partition coefficient (Wildman–Crippen LogP) is 3.91. The van der Waals surface area contributed by atoms with Crippen molar-refractivity contribution in [1.29, 1.82) is 0 Å². The van der Waals surface area contributed by atoms with E-state index >= 15 is 0 Å². The molecule has 0 spiro atoms. The van der Waals surface area contributed by atoms with Crippen LogP contribution in [0.15, 0.2) is 30.6 Å². The van der Waals surface area contributed by atoms with E-state index in [4.69, 9.17) is 0 Å². The summed E-state index contributed by atoms with van der Waals surface area (Å²) >= 11 is 2.44. The Morgan fingerprint density at radius 3 is 2.85 bits per heavy atom. The zero-order chi connectivity index (χ0) is 14.5. The molecular formula is C16H22IN3. The van der Waals surface area contributed by atoms with Crippen molar-refractivity contribution in [3.05, 3.63) is 51.1 Å². The van der Waals surface area contributed by atoms with Crippen LogP contribution in [0.1, 0.15) is 43.3 Å². The molecule has 0 radical (unpaired) electrons. The van der Waals surface area contributed by atoms with E-state index in [1.165, 1.54) is 14.7 Å². The summed E-state index contributed by atoms with van der Waals surface area (Å²) in [5, 5.41) is 3.64. The van der Waals surface area contributed by atoms with Crippen molar-refractivity contribution in [2.45, 2.75) is 39.8 Å². The standard InChI is InChI=1S/C16H22IN3/c1-4-9-18-15(16-19-10-11-20(16)5-2)13-8-6-7-12(3)14(13)17/h6-8,10-11,15,18H,4-5,9H2,1-3H3. The fourth-order valence-corrected chi connectivity index (χ4v) is 3.04. The molecule has 0 saturated heterocycles. The van der Waals surface area contributed by atoms with Gasteiger partial charge in [-0.25, -0.2) is 4.98 Å². The Bertz CT molecular complexity index is 563. The lowest BCUT2D eigenvalue weighted by Crippen LogP contribution is -2.27. The summed E-state index contributed by atoms with van der Waals surface area (Å²) in [6.45, 7) is 8.45. The second-order valence-electron chi connectivity index (χ2n) is 4.94. The average molecular weight is 383 g/mol. The number of benzene rings is 1. The fourth-order valence-electron chi connectivity index (χ4n) is 2.37. The zero-order valence-corrected chi connectivity index (χ0v) is 14.5. The highest BCUT2D eigenvalue weighted by atomic mass is 127. The van der Waals surface area contributed by atoms with E-state index in [9.17, 15) is 0 Å². The van der Waals surface area contributed by atoms with Crippen LogP contribution in [0.2, 0.25) is 0 Å². The summed E-state index contributed by atoms with van der Waals surface area (Å²) in [6, 6.07) is 6.66. The van der Waals surface area contributed by atoms with E-state index < -0.39 is 0 Å². The van der Waals surface area contributed by atoms with Crippen molar-refractivity contribution in [2.75, 3.05) is 6.54 Å². The number of nitrogens with zero attached hydrogens (tertiary/aromatic N) is 2. The Morgan fingerprint density at radius 2 is 2.15 bits per heavy atom. The van der Waals surface area contributed by atoms with Crippen LogP contribution in [-0.4, -0.2) is 16.1 Å². The number of hydrogen-bond donors (Lipinski definition) is 1. The van der Waals surface area contributed by atoms with Gasteiger partial charge in [-0.1, -0.05) is 25.1 Å². The number of rotatable bonds is 6. The molecule has 2 aromatic rings. The van der Waals surface area contributed by atoms with Gasteiger partial charge in [-0.2, -0.15) is 0 Å². The van der Waals surface area contributed by atoms with Gasteiger partial charge in [0, 0.05) is 22.5 Å². The molecule has 1 N–H and O–H groups in total. The van der Waals surface area contributed by atoms with E-state index in [1.54, 1.807) is 0 Å². The van der Waals surface area contributed by atoms with Gasteiger partial charge in [0.15, 0.2) is 0 Å². The van der Waals surface area contributed by atoms with Crippen molar-refractivity contribution < 1.29 is 0 Å². The van der Waals surface area contributed by atoms with E-state index in [0.29, 0.717) is 0 Å². The third kappa shape index (κ3) is 3.23. The molecule has 1 heterocycles. The normalized spacial score (nSPS) is 12.6. The minimum absolute atomic E-state index is 0.164. The van der Waals surface area contributed by atoms with Crippen LogP contribution in [0.5, 0.6) is 0 Å². The van der Waals surface area contributed by atoms with E-state index in [1.807, 2.05) is 6.20 Å². The summed E-state index contributed by atoms with van der Waals surface area (Å²) < 4.78 is 3.54. The maximum atomic E-state index is 4.58. The van der Waals surface area contributed by atoms with Crippen molar-refractivity contribution in [3.63, 3.8) is 0 Å². The molecular weight excluding hydrogens is 361 g/mol. The Hall–Kier alpha value is -0.880. The lowest BCUT2D eigenvalue weighted by Gasteiger charge is -2.21. The van der Waals surface area contributed by atoms with Gasteiger partial charge in [0.2, 0.25) is 0 Å². The maximum absolute atomic E-state index is 4.58. The first kappa shape index (κ1) is 15.5. The monoisotopic (exact) mass is 383 g/mol. The molecule has 4 heteroatoms. The van der Waals surface area contributed by atoms with Gasteiger partial charge in [-0.05, 0) is 60.5 Å². The van der Waals surface area contributed by atoms with Gasteiger partial charge in [-0.15, -0.1) is 0 Å². The van der Waals surface area contributed by atoms with Crippen molar-refractivity contribution in [1.82, 2.24) is 14.9 Å². The fraction of sp³-hybridized carbons (Fsp3) is 0.438. The first-order valence-electron chi connectivity index (χ1n) is 7.18. The summed E-state index contributed by atoms with van der Waals surface area (Å²) in [6.07, 6.45) is 5.06. The van der Waals surface area contributed by atoms with Crippen molar-refractivity contribution >= 4 is 22.6 Å². The number of aryl methyl sites for hydroxylation is 2. The molecule has 20 heavy (non-hydrogen) atoms.